The highest BCUT2D eigenvalue weighted by molar-refractivity contribution is 7.90. The van der Waals surface area contributed by atoms with E-state index in [0.717, 1.165) is 12.1 Å². The van der Waals surface area contributed by atoms with Gasteiger partial charge < -0.3 is 5.11 Å². The van der Waals surface area contributed by atoms with E-state index in [1.807, 2.05) is 0 Å². The Balaban J connectivity index is 2.50. The molecular weight excluding hydrogens is 339 g/mol. The van der Waals surface area contributed by atoms with Gasteiger partial charge in [0.05, 0.1) is 20.5 Å². The van der Waals surface area contributed by atoms with E-state index in [2.05, 4.69) is 9.97 Å². The summed E-state index contributed by atoms with van der Waals surface area (Å²) in [4.78, 5) is 18.3. The Hall–Kier alpha value is -1.70. The summed E-state index contributed by atoms with van der Waals surface area (Å²) in [6, 6.07) is 3.57. The predicted molar refractivity (Wildman–Crippen MR) is 76.3 cm³/mol. The highest BCUT2D eigenvalue weighted by Crippen LogP contribution is 2.30. The molecule has 1 N–H and O–H groups in total. The second-order valence-electron chi connectivity index (χ2n) is 3.99. The number of hydrogen-bond acceptors (Lipinski definition) is 5. The fourth-order valence-electron chi connectivity index (χ4n) is 1.58. The second-order valence-corrected chi connectivity index (χ2v) is 6.76. The van der Waals surface area contributed by atoms with Crippen molar-refractivity contribution in [3.05, 3.63) is 52.0 Å². The molecule has 0 aliphatic rings. The fourth-order valence-corrected chi connectivity index (χ4v) is 3.70. The first-order chi connectivity index (χ1) is 9.81. The van der Waals surface area contributed by atoms with Gasteiger partial charge in [0.1, 0.15) is 11.6 Å². The molecule has 0 fully saturated rings. The molecular formula is C12H8Cl2N2O4S. The zero-order valence-electron chi connectivity index (χ0n) is 10.3. The number of sulfone groups is 1. The maximum absolute atomic E-state index is 12.3. The molecule has 1 aromatic heterocycles. The van der Waals surface area contributed by atoms with Gasteiger partial charge in [0.15, 0.2) is 9.84 Å². The summed E-state index contributed by atoms with van der Waals surface area (Å²) >= 11 is 11.6. The molecule has 0 saturated carbocycles. The normalized spacial score (nSPS) is 11.3. The molecule has 0 atom stereocenters. The summed E-state index contributed by atoms with van der Waals surface area (Å²) in [7, 11) is -3.90. The third-order valence-electron chi connectivity index (χ3n) is 2.53. The van der Waals surface area contributed by atoms with Gasteiger partial charge in [-0.3, -0.25) is 0 Å². The lowest BCUT2D eigenvalue weighted by molar-refractivity contribution is 0.0697. The summed E-state index contributed by atoms with van der Waals surface area (Å²) in [6.07, 6.45) is 2.81. The molecule has 0 radical (unpaired) electrons. The van der Waals surface area contributed by atoms with Gasteiger partial charge in [-0.05, 0) is 18.2 Å². The highest BCUT2D eigenvalue weighted by Gasteiger charge is 2.23. The molecule has 1 heterocycles. The first-order valence-electron chi connectivity index (χ1n) is 5.52. The van der Waals surface area contributed by atoms with Gasteiger partial charge >= 0.3 is 5.97 Å². The molecule has 110 valence electrons. The number of nitrogens with zero attached hydrogens (tertiary/aromatic N) is 2. The van der Waals surface area contributed by atoms with E-state index in [4.69, 9.17) is 28.3 Å². The van der Waals surface area contributed by atoms with Crippen molar-refractivity contribution in [3.8, 4) is 0 Å². The van der Waals surface area contributed by atoms with E-state index >= 15 is 0 Å². The SMILES string of the molecule is O=C(O)c1cc(S(=O)(=O)Cc2ncccn2)c(Cl)cc1Cl. The van der Waals surface area contributed by atoms with Gasteiger partial charge in [0.25, 0.3) is 0 Å². The van der Waals surface area contributed by atoms with Crippen LogP contribution in [-0.2, 0) is 15.6 Å². The van der Waals surface area contributed by atoms with Crippen LogP contribution in [0.5, 0.6) is 0 Å². The van der Waals surface area contributed by atoms with Gasteiger partial charge in [-0.25, -0.2) is 23.2 Å². The number of carboxylic acids is 1. The van der Waals surface area contributed by atoms with Crippen LogP contribution < -0.4 is 0 Å². The van der Waals surface area contributed by atoms with Crippen molar-refractivity contribution in [3.63, 3.8) is 0 Å². The smallest absolute Gasteiger partial charge is 0.337 e. The predicted octanol–water partition coefficient (Wildman–Crippen LogP) is 2.46. The number of rotatable bonds is 4. The lowest BCUT2D eigenvalue weighted by Gasteiger charge is -2.08. The summed E-state index contributed by atoms with van der Waals surface area (Å²) in [5.74, 6) is -1.75. The minimum absolute atomic E-state index is 0.0837. The van der Waals surface area contributed by atoms with Gasteiger partial charge in [0, 0.05) is 12.4 Å². The molecule has 1 aromatic carbocycles. The minimum atomic E-state index is -3.90. The maximum atomic E-state index is 12.3. The summed E-state index contributed by atoms with van der Waals surface area (Å²) in [5.41, 5.74) is -0.339. The van der Waals surface area contributed by atoms with E-state index in [9.17, 15) is 13.2 Å². The molecule has 2 rings (SSSR count). The van der Waals surface area contributed by atoms with Crippen LogP contribution >= 0.6 is 23.2 Å². The number of carboxylic acid groups (broad SMARTS) is 1. The standard InChI is InChI=1S/C12H8Cl2N2O4S/c13-8-5-9(14)10(4-7(8)12(17)18)21(19,20)6-11-15-2-1-3-16-11/h1-5H,6H2,(H,17,18). The average Bonchev–Trinajstić information content (AvgIpc) is 2.38. The molecule has 21 heavy (non-hydrogen) atoms. The average molecular weight is 347 g/mol. The lowest BCUT2D eigenvalue weighted by atomic mass is 10.2. The van der Waals surface area contributed by atoms with Crippen LogP contribution in [0.1, 0.15) is 16.2 Å². The first kappa shape index (κ1) is 15.7. The van der Waals surface area contributed by atoms with Crippen LogP contribution in [-0.4, -0.2) is 29.5 Å². The minimum Gasteiger partial charge on any atom is -0.478 e. The molecule has 2 aromatic rings. The number of aromatic nitrogens is 2. The van der Waals surface area contributed by atoms with E-state index < -0.39 is 21.6 Å². The summed E-state index contributed by atoms with van der Waals surface area (Å²) < 4.78 is 24.6. The van der Waals surface area contributed by atoms with Crippen molar-refractivity contribution in [1.82, 2.24) is 9.97 Å². The monoisotopic (exact) mass is 346 g/mol. The molecule has 0 bridgehead atoms. The van der Waals surface area contributed by atoms with Crippen molar-refractivity contribution in [2.45, 2.75) is 10.6 Å². The van der Waals surface area contributed by atoms with Crippen molar-refractivity contribution in [1.29, 1.82) is 0 Å². The van der Waals surface area contributed by atoms with Crippen LogP contribution in [0, 0.1) is 0 Å². The Morgan fingerprint density at radius 1 is 1.14 bits per heavy atom. The van der Waals surface area contributed by atoms with E-state index in [0.29, 0.717) is 0 Å². The third-order valence-corrected chi connectivity index (χ3v) is 4.91. The van der Waals surface area contributed by atoms with Crippen LogP contribution in [0.4, 0.5) is 0 Å². The first-order valence-corrected chi connectivity index (χ1v) is 7.93. The van der Waals surface area contributed by atoms with Gasteiger partial charge in [-0.15, -0.1) is 0 Å². The Morgan fingerprint density at radius 2 is 1.76 bits per heavy atom. The zero-order valence-corrected chi connectivity index (χ0v) is 12.7. The molecule has 9 heteroatoms. The van der Waals surface area contributed by atoms with Crippen molar-refractivity contribution < 1.29 is 18.3 Å². The Bertz CT molecular complexity index is 794. The van der Waals surface area contributed by atoms with Crippen LogP contribution in [0.3, 0.4) is 0 Å². The fraction of sp³-hybridized carbons (Fsp3) is 0.0833. The van der Waals surface area contributed by atoms with Crippen molar-refractivity contribution >= 4 is 39.0 Å². The Morgan fingerprint density at radius 3 is 2.33 bits per heavy atom. The molecule has 6 nitrogen and oxygen atoms in total. The van der Waals surface area contributed by atoms with E-state index in [-0.39, 0.29) is 26.3 Å². The number of halogens is 2. The van der Waals surface area contributed by atoms with E-state index in [1.54, 1.807) is 6.07 Å². The highest BCUT2D eigenvalue weighted by atomic mass is 35.5. The molecule has 0 saturated heterocycles. The molecule has 0 aliphatic heterocycles. The molecule has 0 aliphatic carbocycles. The van der Waals surface area contributed by atoms with E-state index in [1.165, 1.54) is 12.4 Å². The van der Waals surface area contributed by atoms with Gasteiger partial charge in [-0.2, -0.15) is 0 Å². The third kappa shape index (κ3) is 3.49. The maximum Gasteiger partial charge on any atom is 0.337 e. The quantitative estimate of drug-likeness (QED) is 0.912. The molecule has 0 spiro atoms. The molecule has 0 amide bonds. The van der Waals surface area contributed by atoms with Crippen LogP contribution in [0.15, 0.2) is 35.5 Å². The van der Waals surface area contributed by atoms with Gasteiger partial charge in [-0.1, -0.05) is 23.2 Å². The van der Waals surface area contributed by atoms with Crippen LogP contribution in [0.25, 0.3) is 0 Å². The molecule has 0 unspecified atom stereocenters. The Labute approximate surface area is 130 Å². The Kier molecular flexibility index (Phi) is 4.46. The topological polar surface area (TPSA) is 97.2 Å². The second kappa shape index (κ2) is 5.97. The van der Waals surface area contributed by atoms with Crippen LogP contribution in [0.2, 0.25) is 10.0 Å². The van der Waals surface area contributed by atoms with Crippen molar-refractivity contribution in [2.75, 3.05) is 0 Å². The van der Waals surface area contributed by atoms with Crippen molar-refractivity contribution in [2.24, 2.45) is 0 Å². The summed E-state index contributed by atoms with van der Waals surface area (Å²) in [6.45, 7) is 0. The number of aromatic carboxylic acids is 1. The lowest BCUT2D eigenvalue weighted by Crippen LogP contribution is -2.10. The zero-order chi connectivity index (χ0) is 15.6. The number of hydrogen-bond donors (Lipinski definition) is 1. The number of carbonyl (C=O) groups is 1. The van der Waals surface area contributed by atoms with Gasteiger partial charge in [0.2, 0.25) is 0 Å². The summed E-state index contributed by atoms with van der Waals surface area (Å²) in [5, 5.41) is 8.70. The number of benzene rings is 1. The largest absolute Gasteiger partial charge is 0.478 e.